The van der Waals surface area contributed by atoms with E-state index >= 15 is 0 Å². The molecule has 7 heteroatoms. The molecule has 0 amide bonds. The van der Waals surface area contributed by atoms with Crippen LogP contribution in [0.4, 0.5) is 5.95 Å². The maximum atomic E-state index is 11.3. The Bertz CT molecular complexity index is 566. The maximum absolute atomic E-state index is 11.3. The molecule has 0 saturated carbocycles. The molecule has 1 unspecified atom stereocenters. The Balaban J connectivity index is 2.03. The van der Waals surface area contributed by atoms with E-state index in [0.717, 1.165) is 0 Å². The van der Waals surface area contributed by atoms with Gasteiger partial charge < -0.3 is 5.32 Å². The summed E-state index contributed by atoms with van der Waals surface area (Å²) < 4.78 is 1.73. The van der Waals surface area contributed by atoms with E-state index in [1.54, 1.807) is 24.1 Å². The SMILES string of the molecule is CC(=O)c1cnc(NC(C)Cn2cncn2)nc1C. The number of hydrogen-bond acceptors (Lipinski definition) is 6. The average molecular weight is 260 g/mol. The van der Waals surface area contributed by atoms with Gasteiger partial charge in [0.1, 0.15) is 12.7 Å². The highest BCUT2D eigenvalue weighted by molar-refractivity contribution is 5.94. The van der Waals surface area contributed by atoms with Crippen LogP contribution in [0.3, 0.4) is 0 Å². The van der Waals surface area contributed by atoms with E-state index in [4.69, 9.17) is 0 Å². The minimum absolute atomic E-state index is 0.0280. The number of rotatable bonds is 5. The standard InChI is InChI=1S/C12H16N6O/c1-8(5-18-7-13-6-15-18)16-12-14-4-11(10(3)19)9(2)17-12/h4,6-8H,5H2,1-3H3,(H,14,16,17). The highest BCUT2D eigenvalue weighted by atomic mass is 16.1. The van der Waals surface area contributed by atoms with Crippen LogP contribution in [0.1, 0.15) is 29.9 Å². The summed E-state index contributed by atoms with van der Waals surface area (Å²) in [5, 5.41) is 7.20. The lowest BCUT2D eigenvalue weighted by Gasteiger charge is -2.14. The molecule has 2 aromatic heterocycles. The molecule has 0 aliphatic carbocycles. The third-order valence-electron chi connectivity index (χ3n) is 2.66. The molecule has 1 N–H and O–H groups in total. The first-order valence-corrected chi connectivity index (χ1v) is 6.00. The molecule has 0 spiro atoms. The normalized spacial score (nSPS) is 12.2. The summed E-state index contributed by atoms with van der Waals surface area (Å²) in [5.74, 6) is 0.481. The summed E-state index contributed by atoms with van der Waals surface area (Å²) in [6.45, 7) is 5.97. The third kappa shape index (κ3) is 3.34. The first-order chi connectivity index (χ1) is 9.06. The Hall–Kier alpha value is -2.31. The third-order valence-corrected chi connectivity index (χ3v) is 2.66. The second kappa shape index (κ2) is 5.55. The Labute approximate surface area is 111 Å². The van der Waals surface area contributed by atoms with Crippen molar-refractivity contribution in [3.63, 3.8) is 0 Å². The lowest BCUT2D eigenvalue weighted by molar-refractivity contribution is 0.101. The fraction of sp³-hybridized carbons (Fsp3) is 0.417. The van der Waals surface area contributed by atoms with E-state index in [9.17, 15) is 4.79 Å². The van der Waals surface area contributed by atoms with Crippen molar-refractivity contribution in [1.82, 2.24) is 24.7 Å². The smallest absolute Gasteiger partial charge is 0.223 e. The molecule has 2 heterocycles. The molecule has 2 aromatic rings. The zero-order valence-corrected chi connectivity index (χ0v) is 11.2. The molecule has 1 atom stereocenters. The number of hydrogen-bond donors (Lipinski definition) is 1. The Morgan fingerprint density at radius 3 is 2.89 bits per heavy atom. The van der Waals surface area contributed by atoms with Crippen LogP contribution in [0.15, 0.2) is 18.9 Å². The van der Waals surface area contributed by atoms with Gasteiger partial charge in [-0.25, -0.2) is 15.0 Å². The molecule has 7 nitrogen and oxygen atoms in total. The number of nitrogens with zero attached hydrogens (tertiary/aromatic N) is 5. The summed E-state index contributed by atoms with van der Waals surface area (Å²) in [6.07, 6.45) is 4.70. The quantitative estimate of drug-likeness (QED) is 0.810. The van der Waals surface area contributed by atoms with Crippen molar-refractivity contribution in [2.75, 3.05) is 5.32 Å². The fourth-order valence-electron chi connectivity index (χ4n) is 1.76. The van der Waals surface area contributed by atoms with Gasteiger partial charge in [-0.15, -0.1) is 0 Å². The lowest BCUT2D eigenvalue weighted by atomic mass is 10.2. The number of Topliss-reactive ketones (excluding diaryl/α,β-unsaturated/α-hetero) is 1. The Kier molecular flexibility index (Phi) is 3.84. The largest absolute Gasteiger partial charge is 0.350 e. The molecule has 0 saturated heterocycles. The molecular weight excluding hydrogens is 244 g/mol. The zero-order chi connectivity index (χ0) is 13.8. The summed E-state index contributed by atoms with van der Waals surface area (Å²) in [5.41, 5.74) is 1.23. The van der Waals surface area contributed by atoms with Gasteiger partial charge in [-0.05, 0) is 20.8 Å². The Morgan fingerprint density at radius 1 is 1.53 bits per heavy atom. The van der Waals surface area contributed by atoms with Crippen molar-refractivity contribution in [3.8, 4) is 0 Å². The van der Waals surface area contributed by atoms with Crippen LogP contribution < -0.4 is 5.32 Å². The van der Waals surface area contributed by atoms with Crippen molar-refractivity contribution >= 4 is 11.7 Å². The van der Waals surface area contributed by atoms with Crippen LogP contribution >= 0.6 is 0 Å². The van der Waals surface area contributed by atoms with Crippen LogP contribution in [0, 0.1) is 6.92 Å². The second-order valence-corrected chi connectivity index (χ2v) is 4.41. The summed E-state index contributed by atoms with van der Waals surface area (Å²) in [6, 6.07) is 0.101. The van der Waals surface area contributed by atoms with Crippen molar-refractivity contribution in [1.29, 1.82) is 0 Å². The molecular formula is C12H16N6O. The molecule has 0 aliphatic heterocycles. The van der Waals surface area contributed by atoms with E-state index in [0.29, 0.717) is 23.8 Å². The lowest BCUT2D eigenvalue weighted by Crippen LogP contribution is -2.23. The predicted octanol–water partition coefficient (Wildman–Crippen LogP) is 1.08. The zero-order valence-electron chi connectivity index (χ0n) is 11.2. The van der Waals surface area contributed by atoms with Crippen LogP contribution in [-0.4, -0.2) is 36.6 Å². The van der Waals surface area contributed by atoms with Gasteiger partial charge in [-0.3, -0.25) is 9.48 Å². The molecule has 0 aliphatic rings. The summed E-state index contributed by atoms with van der Waals surface area (Å²) >= 11 is 0. The number of ketones is 1. The first-order valence-electron chi connectivity index (χ1n) is 6.00. The van der Waals surface area contributed by atoms with Crippen LogP contribution in [0.25, 0.3) is 0 Å². The number of aryl methyl sites for hydroxylation is 1. The van der Waals surface area contributed by atoms with Gasteiger partial charge in [0.2, 0.25) is 5.95 Å². The van der Waals surface area contributed by atoms with Crippen LogP contribution in [-0.2, 0) is 6.54 Å². The van der Waals surface area contributed by atoms with Crippen molar-refractivity contribution < 1.29 is 4.79 Å². The highest BCUT2D eigenvalue weighted by Gasteiger charge is 2.09. The minimum Gasteiger partial charge on any atom is -0.350 e. The molecule has 100 valence electrons. The molecule has 19 heavy (non-hydrogen) atoms. The second-order valence-electron chi connectivity index (χ2n) is 4.41. The van der Waals surface area contributed by atoms with Gasteiger partial charge in [0.15, 0.2) is 5.78 Å². The number of aromatic nitrogens is 5. The molecule has 0 bridgehead atoms. The average Bonchev–Trinajstić information content (AvgIpc) is 2.81. The molecule has 0 fully saturated rings. The summed E-state index contributed by atoms with van der Waals surface area (Å²) in [4.78, 5) is 23.6. The topological polar surface area (TPSA) is 85.6 Å². The number of carbonyl (C=O) groups excluding carboxylic acids is 1. The van der Waals surface area contributed by atoms with Gasteiger partial charge in [0.25, 0.3) is 0 Å². The van der Waals surface area contributed by atoms with Crippen LogP contribution in [0.5, 0.6) is 0 Å². The predicted molar refractivity (Wildman–Crippen MR) is 69.9 cm³/mol. The van der Waals surface area contributed by atoms with E-state index < -0.39 is 0 Å². The van der Waals surface area contributed by atoms with Crippen molar-refractivity contribution in [2.45, 2.75) is 33.4 Å². The van der Waals surface area contributed by atoms with Crippen molar-refractivity contribution in [2.24, 2.45) is 0 Å². The summed E-state index contributed by atoms with van der Waals surface area (Å²) in [7, 11) is 0. The monoisotopic (exact) mass is 260 g/mol. The van der Waals surface area contributed by atoms with Crippen molar-refractivity contribution in [3.05, 3.63) is 30.1 Å². The van der Waals surface area contributed by atoms with Gasteiger partial charge in [-0.1, -0.05) is 0 Å². The van der Waals surface area contributed by atoms with E-state index in [2.05, 4.69) is 25.4 Å². The van der Waals surface area contributed by atoms with E-state index in [1.807, 2.05) is 6.92 Å². The Morgan fingerprint density at radius 2 is 2.32 bits per heavy atom. The maximum Gasteiger partial charge on any atom is 0.223 e. The highest BCUT2D eigenvalue weighted by Crippen LogP contribution is 2.08. The number of carbonyl (C=O) groups is 1. The first kappa shape index (κ1) is 13.1. The van der Waals surface area contributed by atoms with Gasteiger partial charge in [0.05, 0.1) is 17.8 Å². The van der Waals surface area contributed by atoms with Gasteiger partial charge in [-0.2, -0.15) is 5.10 Å². The van der Waals surface area contributed by atoms with E-state index in [1.165, 1.54) is 13.3 Å². The minimum atomic E-state index is -0.0280. The van der Waals surface area contributed by atoms with Crippen LogP contribution in [0.2, 0.25) is 0 Å². The van der Waals surface area contributed by atoms with E-state index in [-0.39, 0.29) is 11.8 Å². The molecule has 0 aromatic carbocycles. The number of anilines is 1. The number of nitrogens with one attached hydrogen (secondary N) is 1. The molecule has 0 radical (unpaired) electrons. The fourth-order valence-corrected chi connectivity index (χ4v) is 1.76. The van der Waals surface area contributed by atoms with Gasteiger partial charge in [0, 0.05) is 12.2 Å². The van der Waals surface area contributed by atoms with Gasteiger partial charge >= 0.3 is 0 Å². The molecule has 2 rings (SSSR count).